The first-order valence-corrected chi connectivity index (χ1v) is 9.46. The lowest BCUT2D eigenvalue weighted by Gasteiger charge is -2.12. The molecule has 1 heterocycles. The standard InChI is InChI=1S/C18H16Cl2N4OS/c1-11(17(25)21-13-7-5-6-12(19)10-13)26-18-23-22-16(24(18)2)14-8-3-4-9-15(14)20/h3-11H,1-2H3,(H,21,25)/t11-/m1/s1. The van der Waals surface area contributed by atoms with Crippen molar-refractivity contribution >= 4 is 46.6 Å². The molecule has 0 unspecified atom stereocenters. The Kier molecular flexibility index (Phi) is 5.86. The minimum atomic E-state index is -0.365. The zero-order valence-electron chi connectivity index (χ0n) is 14.1. The molecule has 0 saturated heterocycles. The number of nitrogens with one attached hydrogen (secondary N) is 1. The molecular weight excluding hydrogens is 391 g/mol. The number of carbonyl (C=O) groups is 1. The summed E-state index contributed by atoms with van der Waals surface area (Å²) in [6.45, 7) is 1.81. The Hall–Kier alpha value is -2.02. The molecule has 3 aromatic rings. The highest BCUT2D eigenvalue weighted by Crippen LogP contribution is 2.30. The molecule has 8 heteroatoms. The second-order valence-corrected chi connectivity index (χ2v) is 7.76. The van der Waals surface area contributed by atoms with Crippen LogP contribution in [0.2, 0.25) is 10.0 Å². The molecule has 3 rings (SSSR count). The predicted octanol–water partition coefficient (Wildman–Crippen LogP) is 4.91. The van der Waals surface area contributed by atoms with Gasteiger partial charge in [0, 0.05) is 23.3 Å². The summed E-state index contributed by atoms with van der Waals surface area (Å²) in [5.41, 5.74) is 1.46. The van der Waals surface area contributed by atoms with Gasteiger partial charge < -0.3 is 9.88 Å². The lowest BCUT2D eigenvalue weighted by molar-refractivity contribution is -0.115. The highest BCUT2D eigenvalue weighted by atomic mass is 35.5. The van der Waals surface area contributed by atoms with Gasteiger partial charge in [-0.15, -0.1) is 10.2 Å². The van der Waals surface area contributed by atoms with Crippen LogP contribution in [0.5, 0.6) is 0 Å². The number of hydrogen-bond acceptors (Lipinski definition) is 4. The molecular formula is C18H16Cl2N4OS. The first-order chi connectivity index (χ1) is 12.5. The predicted molar refractivity (Wildman–Crippen MR) is 107 cm³/mol. The van der Waals surface area contributed by atoms with E-state index in [1.165, 1.54) is 11.8 Å². The van der Waals surface area contributed by atoms with Gasteiger partial charge in [0.15, 0.2) is 11.0 Å². The highest BCUT2D eigenvalue weighted by molar-refractivity contribution is 8.00. The normalized spacial score (nSPS) is 12.0. The molecule has 1 aromatic heterocycles. The number of amides is 1. The maximum Gasteiger partial charge on any atom is 0.237 e. The monoisotopic (exact) mass is 406 g/mol. The van der Waals surface area contributed by atoms with Crippen molar-refractivity contribution in [2.45, 2.75) is 17.3 Å². The smallest absolute Gasteiger partial charge is 0.237 e. The van der Waals surface area contributed by atoms with Crippen LogP contribution in [0.3, 0.4) is 0 Å². The van der Waals surface area contributed by atoms with Crippen molar-refractivity contribution in [3.63, 3.8) is 0 Å². The summed E-state index contributed by atoms with van der Waals surface area (Å²) >= 11 is 13.5. The molecule has 1 N–H and O–H groups in total. The average Bonchev–Trinajstić information content (AvgIpc) is 2.96. The number of carbonyl (C=O) groups excluding carboxylic acids is 1. The first kappa shape index (κ1) is 18.8. The maximum atomic E-state index is 12.4. The molecule has 0 aliphatic carbocycles. The van der Waals surface area contributed by atoms with Gasteiger partial charge in [0.25, 0.3) is 0 Å². The van der Waals surface area contributed by atoms with Crippen LogP contribution in [-0.4, -0.2) is 25.9 Å². The Labute approximate surface area is 165 Å². The number of thioether (sulfide) groups is 1. The summed E-state index contributed by atoms with van der Waals surface area (Å²) in [5.74, 6) is 0.514. The molecule has 1 amide bonds. The van der Waals surface area contributed by atoms with Crippen molar-refractivity contribution in [2.75, 3.05) is 5.32 Å². The van der Waals surface area contributed by atoms with E-state index in [0.717, 1.165) is 5.56 Å². The molecule has 0 fully saturated rings. The number of halogens is 2. The lowest BCUT2D eigenvalue weighted by Crippen LogP contribution is -2.22. The van der Waals surface area contributed by atoms with Crippen molar-refractivity contribution in [3.05, 3.63) is 58.6 Å². The second kappa shape index (κ2) is 8.12. The van der Waals surface area contributed by atoms with E-state index in [1.54, 1.807) is 30.3 Å². The Balaban J connectivity index is 1.73. The zero-order chi connectivity index (χ0) is 18.7. The van der Waals surface area contributed by atoms with Crippen LogP contribution in [0.25, 0.3) is 11.4 Å². The van der Waals surface area contributed by atoms with Gasteiger partial charge in [-0.25, -0.2) is 0 Å². The van der Waals surface area contributed by atoms with Crippen LogP contribution >= 0.6 is 35.0 Å². The van der Waals surface area contributed by atoms with Gasteiger partial charge in [-0.05, 0) is 37.3 Å². The van der Waals surface area contributed by atoms with E-state index >= 15 is 0 Å². The van der Waals surface area contributed by atoms with E-state index in [4.69, 9.17) is 23.2 Å². The molecule has 0 aliphatic heterocycles. The molecule has 0 saturated carbocycles. The van der Waals surface area contributed by atoms with Crippen molar-refractivity contribution < 1.29 is 4.79 Å². The maximum absolute atomic E-state index is 12.4. The van der Waals surface area contributed by atoms with Crippen molar-refractivity contribution in [2.24, 2.45) is 7.05 Å². The van der Waals surface area contributed by atoms with Gasteiger partial charge in [-0.2, -0.15) is 0 Å². The molecule has 0 spiro atoms. The number of anilines is 1. The Morgan fingerprint density at radius 3 is 2.65 bits per heavy atom. The quantitative estimate of drug-likeness (QED) is 0.611. The summed E-state index contributed by atoms with van der Waals surface area (Å²) in [5, 5.41) is 12.7. The lowest BCUT2D eigenvalue weighted by atomic mass is 10.2. The minimum Gasteiger partial charge on any atom is -0.325 e. The van der Waals surface area contributed by atoms with Crippen molar-refractivity contribution in [1.29, 1.82) is 0 Å². The number of rotatable bonds is 5. The summed E-state index contributed by atoms with van der Waals surface area (Å²) in [4.78, 5) is 12.4. The summed E-state index contributed by atoms with van der Waals surface area (Å²) in [6, 6.07) is 14.5. The van der Waals surface area contributed by atoms with Crippen molar-refractivity contribution in [3.8, 4) is 11.4 Å². The fourth-order valence-corrected chi connectivity index (χ4v) is 3.54. The van der Waals surface area contributed by atoms with Crippen molar-refractivity contribution in [1.82, 2.24) is 14.8 Å². The largest absolute Gasteiger partial charge is 0.325 e. The van der Waals surface area contributed by atoms with Gasteiger partial charge in [0.1, 0.15) is 0 Å². The Morgan fingerprint density at radius 2 is 1.92 bits per heavy atom. The second-order valence-electron chi connectivity index (χ2n) is 5.60. The van der Waals surface area contributed by atoms with Crippen LogP contribution in [0.15, 0.2) is 53.7 Å². The van der Waals surface area contributed by atoms with E-state index in [2.05, 4.69) is 15.5 Å². The zero-order valence-corrected chi connectivity index (χ0v) is 16.4. The van der Waals surface area contributed by atoms with Gasteiger partial charge >= 0.3 is 0 Å². The van der Waals surface area contributed by atoms with E-state index < -0.39 is 0 Å². The number of aromatic nitrogens is 3. The molecule has 5 nitrogen and oxygen atoms in total. The Bertz CT molecular complexity index is 944. The minimum absolute atomic E-state index is 0.139. The van der Waals surface area contributed by atoms with E-state index in [9.17, 15) is 4.79 Å². The van der Waals surface area contributed by atoms with E-state index in [-0.39, 0.29) is 11.2 Å². The fraction of sp³-hybridized carbons (Fsp3) is 0.167. The molecule has 1 atom stereocenters. The van der Waals surface area contributed by atoms with Gasteiger partial charge in [0.05, 0.1) is 10.3 Å². The third-order valence-electron chi connectivity index (χ3n) is 3.69. The third-order valence-corrected chi connectivity index (χ3v) is 5.39. The SMILES string of the molecule is C[C@@H](Sc1nnc(-c2ccccc2Cl)n1C)C(=O)Nc1cccc(Cl)c1. The third kappa shape index (κ3) is 4.20. The number of nitrogens with zero attached hydrogens (tertiary/aromatic N) is 3. The van der Waals surface area contributed by atoms with E-state index in [1.807, 2.05) is 36.7 Å². The molecule has 0 bridgehead atoms. The number of benzene rings is 2. The summed E-state index contributed by atoms with van der Waals surface area (Å²) in [7, 11) is 1.85. The van der Waals surface area contributed by atoms with E-state index in [0.29, 0.717) is 26.7 Å². The molecule has 134 valence electrons. The van der Waals surface area contributed by atoms with Crippen LogP contribution in [-0.2, 0) is 11.8 Å². The van der Waals surface area contributed by atoms with Gasteiger partial charge in [-0.3, -0.25) is 4.79 Å². The van der Waals surface area contributed by atoms with Crippen LogP contribution < -0.4 is 5.32 Å². The highest BCUT2D eigenvalue weighted by Gasteiger charge is 2.20. The van der Waals surface area contributed by atoms with Crippen LogP contribution in [0.4, 0.5) is 5.69 Å². The summed E-state index contributed by atoms with van der Waals surface area (Å²) in [6.07, 6.45) is 0. The van der Waals surface area contributed by atoms with Crippen LogP contribution in [0, 0.1) is 0 Å². The molecule has 2 aromatic carbocycles. The Morgan fingerprint density at radius 1 is 1.15 bits per heavy atom. The average molecular weight is 407 g/mol. The van der Waals surface area contributed by atoms with Gasteiger partial charge in [-0.1, -0.05) is 53.2 Å². The molecule has 0 radical (unpaired) electrons. The van der Waals surface area contributed by atoms with Crippen LogP contribution in [0.1, 0.15) is 6.92 Å². The summed E-state index contributed by atoms with van der Waals surface area (Å²) < 4.78 is 1.83. The number of hydrogen-bond donors (Lipinski definition) is 1. The topological polar surface area (TPSA) is 59.8 Å². The fourth-order valence-electron chi connectivity index (χ4n) is 2.32. The first-order valence-electron chi connectivity index (χ1n) is 7.83. The van der Waals surface area contributed by atoms with Gasteiger partial charge in [0.2, 0.25) is 5.91 Å². The molecule has 26 heavy (non-hydrogen) atoms. The molecule has 0 aliphatic rings.